The fourth-order valence-electron chi connectivity index (χ4n) is 3.30. The lowest BCUT2D eigenvalue weighted by molar-refractivity contribution is -0.384. The van der Waals surface area contributed by atoms with E-state index in [1.807, 2.05) is 29.2 Å². The number of nitro groups is 1. The Bertz CT molecular complexity index is 849. The lowest BCUT2D eigenvalue weighted by Crippen LogP contribution is -2.46. The summed E-state index contributed by atoms with van der Waals surface area (Å²) in [7, 11) is 0. The van der Waals surface area contributed by atoms with Gasteiger partial charge in [0.25, 0.3) is 5.69 Å². The Morgan fingerprint density at radius 2 is 1.75 bits per heavy atom. The largest absolute Gasteiger partial charge is 0.363 e. The molecule has 7 nitrogen and oxygen atoms in total. The van der Waals surface area contributed by atoms with Crippen molar-refractivity contribution in [3.05, 3.63) is 69.5 Å². The van der Waals surface area contributed by atoms with Crippen LogP contribution in [0.1, 0.15) is 18.1 Å². The quantitative estimate of drug-likeness (QED) is 0.610. The first-order valence-corrected chi connectivity index (χ1v) is 9.16. The number of rotatable bonds is 6. The van der Waals surface area contributed by atoms with Crippen molar-refractivity contribution in [3.8, 4) is 0 Å². The second-order valence-corrected chi connectivity index (χ2v) is 6.88. The second kappa shape index (κ2) is 8.79. The minimum Gasteiger partial charge on any atom is -0.363 e. The molecule has 0 bridgehead atoms. The van der Waals surface area contributed by atoms with Gasteiger partial charge in [-0.2, -0.15) is 0 Å². The van der Waals surface area contributed by atoms with Crippen LogP contribution in [0.25, 0.3) is 0 Å². The smallest absolute Gasteiger partial charge is 0.295 e. The predicted molar refractivity (Wildman–Crippen MR) is 105 cm³/mol. The molecule has 0 atom stereocenters. The fraction of sp³-hybridized carbons (Fsp3) is 0.350. The van der Waals surface area contributed by atoms with Crippen LogP contribution in [-0.2, 0) is 17.9 Å². The van der Waals surface area contributed by atoms with Crippen LogP contribution in [0.4, 0.5) is 15.8 Å². The number of amides is 1. The molecule has 1 heterocycles. The SMILES string of the molecule is CC(=O)NCc1ccc(CN2CCN(c3ccc(F)cc3[N+](=O)[O-])CC2)cc1. The van der Waals surface area contributed by atoms with Gasteiger partial charge in [0, 0.05) is 46.2 Å². The van der Waals surface area contributed by atoms with E-state index in [9.17, 15) is 19.3 Å². The minimum atomic E-state index is -0.601. The summed E-state index contributed by atoms with van der Waals surface area (Å²) in [5.74, 6) is -0.653. The zero-order valence-corrected chi connectivity index (χ0v) is 15.7. The number of hydrogen-bond acceptors (Lipinski definition) is 5. The Morgan fingerprint density at radius 3 is 2.36 bits per heavy atom. The molecule has 0 unspecified atom stereocenters. The first-order chi connectivity index (χ1) is 13.4. The van der Waals surface area contributed by atoms with Crippen LogP contribution >= 0.6 is 0 Å². The van der Waals surface area contributed by atoms with E-state index in [1.54, 1.807) is 0 Å². The van der Waals surface area contributed by atoms with E-state index in [0.29, 0.717) is 25.3 Å². The molecule has 1 fully saturated rings. The Labute approximate surface area is 162 Å². The van der Waals surface area contributed by atoms with Gasteiger partial charge < -0.3 is 10.2 Å². The van der Waals surface area contributed by atoms with Crippen LogP contribution in [0.15, 0.2) is 42.5 Å². The Morgan fingerprint density at radius 1 is 1.11 bits per heavy atom. The second-order valence-electron chi connectivity index (χ2n) is 6.88. The molecule has 0 aromatic heterocycles. The van der Waals surface area contributed by atoms with E-state index in [0.717, 1.165) is 31.3 Å². The molecule has 1 aliphatic rings. The molecule has 1 amide bonds. The topological polar surface area (TPSA) is 78.7 Å². The summed E-state index contributed by atoms with van der Waals surface area (Å²) in [4.78, 5) is 25.9. The average molecular weight is 386 g/mol. The van der Waals surface area contributed by atoms with Crippen LogP contribution in [0.3, 0.4) is 0 Å². The van der Waals surface area contributed by atoms with Crippen LogP contribution < -0.4 is 10.2 Å². The maximum atomic E-state index is 13.3. The molecule has 1 saturated heterocycles. The van der Waals surface area contributed by atoms with E-state index in [4.69, 9.17) is 0 Å². The first kappa shape index (κ1) is 19.8. The van der Waals surface area contributed by atoms with Gasteiger partial charge in [0.2, 0.25) is 5.91 Å². The van der Waals surface area contributed by atoms with Gasteiger partial charge in [0.05, 0.1) is 11.0 Å². The van der Waals surface area contributed by atoms with Gasteiger partial charge in [0.15, 0.2) is 0 Å². The number of nitrogens with zero attached hydrogens (tertiary/aromatic N) is 3. The highest BCUT2D eigenvalue weighted by Crippen LogP contribution is 2.29. The van der Waals surface area contributed by atoms with Crippen LogP contribution in [0.2, 0.25) is 0 Å². The number of nitro benzene ring substituents is 1. The highest BCUT2D eigenvalue weighted by Gasteiger charge is 2.24. The number of anilines is 1. The first-order valence-electron chi connectivity index (χ1n) is 9.16. The number of carbonyl (C=O) groups is 1. The molecule has 2 aromatic rings. The van der Waals surface area contributed by atoms with E-state index in [1.165, 1.54) is 24.6 Å². The molecule has 0 spiro atoms. The molecule has 148 valence electrons. The summed E-state index contributed by atoms with van der Waals surface area (Å²) < 4.78 is 13.3. The highest BCUT2D eigenvalue weighted by molar-refractivity contribution is 5.72. The summed E-state index contributed by atoms with van der Waals surface area (Å²) >= 11 is 0. The van der Waals surface area contributed by atoms with Crippen molar-refractivity contribution in [2.75, 3.05) is 31.1 Å². The summed E-state index contributed by atoms with van der Waals surface area (Å²) in [5, 5.41) is 14.0. The third-order valence-electron chi connectivity index (χ3n) is 4.82. The van der Waals surface area contributed by atoms with E-state index < -0.39 is 10.7 Å². The van der Waals surface area contributed by atoms with Crippen molar-refractivity contribution in [3.63, 3.8) is 0 Å². The molecule has 1 aliphatic heterocycles. The van der Waals surface area contributed by atoms with Crippen LogP contribution in [-0.4, -0.2) is 41.9 Å². The van der Waals surface area contributed by atoms with E-state index in [-0.39, 0.29) is 11.6 Å². The van der Waals surface area contributed by atoms with Crippen molar-refractivity contribution >= 4 is 17.3 Å². The summed E-state index contributed by atoms with van der Waals surface area (Å²) in [6.45, 7) is 5.63. The van der Waals surface area contributed by atoms with Crippen molar-refractivity contribution in [1.29, 1.82) is 0 Å². The zero-order chi connectivity index (χ0) is 20.1. The third-order valence-corrected chi connectivity index (χ3v) is 4.82. The number of carbonyl (C=O) groups excluding carboxylic acids is 1. The summed E-state index contributed by atoms with van der Waals surface area (Å²) in [5.41, 5.74) is 2.50. The summed E-state index contributed by atoms with van der Waals surface area (Å²) in [6, 6.07) is 11.8. The Kier molecular flexibility index (Phi) is 6.20. The highest BCUT2D eigenvalue weighted by atomic mass is 19.1. The molecule has 1 N–H and O–H groups in total. The van der Waals surface area contributed by atoms with Gasteiger partial charge in [0.1, 0.15) is 11.5 Å². The van der Waals surface area contributed by atoms with Crippen LogP contribution in [0.5, 0.6) is 0 Å². The summed E-state index contributed by atoms with van der Waals surface area (Å²) in [6.07, 6.45) is 0. The number of hydrogen-bond donors (Lipinski definition) is 1. The van der Waals surface area contributed by atoms with Crippen molar-refractivity contribution < 1.29 is 14.1 Å². The molecular formula is C20H23FN4O3. The maximum absolute atomic E-state index is 13.3. The number of nitrogens with one attached hydrogen (secondary N) is 1. The van der Waals surface area contributed by atoms with E-state index in [2.05, 4.69) is 10.2 Å². The van der Waals surface area contributed by atoms with Gasteiger partial charge in [-0.25, -0.2) is 4.39 Å². The van der Waals surface area contributed by atoms with Gasteiger partial charge in [-0.15, -0.1) is 0 Å². The van der Waals surface area contributed by atoms with Gasteiger partial charge in [-0.1, -0.05) is 24.3 Å². The predicted octanol–water partition coefficient (Wildman–Crippen LogP) is 2.69. The average Bonchev–Trinajstić information content (AvgIpc) is 2.68. The maximum Gasteiger partial charge on any atom is 0.295 e. The van der Waals surface area contributed by atoms with Gasteiger partial charge in [-0.3, -0.25) is 19.8 Å². The number of halogens is 1. The van der Waals surface area contributed by atoms with Crippen molar-refractivity contribution in [2.24, 2.45) is 0 Å². The fourth-order valence-corrected chi connectivity index (χ4v) is 3.30. The molecule has 0 radical (unpaired) electrons. The Hall–Kier alpha value is -3.00. The normalized spacial score (nSPS) is 14.7. The lowest BCUT2D eigenvalue weighted by atomic mass is 10.1. The Balaban J connectivity index is 1.56. The zero-order valence-electron chi connectivity index (χ0n) is 15.7. The molecule has 0 saturated carbocycles. The van der Waals surface area contributed by atoms with Gasteiger partial charge in [-0.05, 0) is 23.3 Å². The number of benzene rings is 2. The van der Waals surface area contributed by atoms with Crippen molar-refractivity contribution in [1.82, 2.24) is 10.2 Å². The molecule has 28 heavy (non-hydrogen) atoms. The molecule has 2 aromatic carbocycles. The standard InChI is InChI=1S/C20H23FN4O3/c1-15(26)22-13-16-2-4-17(5-3-16)14-23-8-10-24(11-9-23)19-7-6-18(21)12-20(19)25(27)28/h2-7,12H,8-11,13-14H2,1H3,(H,22,26). The molecular weight excluding hydrogens is 363 g/mol. The lowest BCUT2D eigenvalue weighted by Gasteiger charge is -2.35. The molecule has 0 aliphatic carbocycles. The molecule has 8 heteroatoms. The minimum absolute atomic E-state index is 0.0525. The molecule has 3 rings (SSSR count). The monoisotopic (exact) mass is 386 g/mol. The number of piperazine rings is 1. The van der Waals surface area contributed by atoms with Crippen molar-refractivity contribution in [2.45, 2.75) is 20.0 Å². The van der Waals surface area contributed by atoms with Crippen LogP contribution in [0, 0.1) is 15.9 Å². The third kappa shape index (κ3) is 5.04. The van der Waals surface area contributed by atoms with E-state index >= 15 is 0 Å². The van der Waals surface area contributed by atoms with Gasteiger partial charge >= 0.3 is 0 Å².